The Hall–Kier alpha value is -2.75. The molecule has 0 N–H and O–H groups in total. The lowest BCUT2D eigenvalue weighted by Crippen LogP contribution is -2.32. The third-order valence-electron chi connectivity index (χ3n) is 6.38. The summed E-state index contributed by atoms with van der Waals surface area (Å²) in [6.07, 6.45) is 4.85. The standard InChI is InChI=1S/C24H26NO3/c1-26-16-7-8-17-19(11-16)21-13-24(28-3)23(27-2)12-20(21)18-10-15-6-4-5-9-25(15)14-22(17)18/h7-8,11-13H,4-6,9-10,14H2,1-3H3/q+1. The second kappa shape index (κ2) is 6.69. The molecule has 4 nitrogen and oxygen atoms in total. The van der Waals surface area contributed by atoms with E-state index >= 15 is 0 Å². The number of benzene rings is 3. The van der Waals surface area contributed by atoms with E-state index in [1.807, 2.05) is 0 Å². The van der Waals surface area contributed by atoms with Crippen LogP contribution in [0.3, 0.4) is 0 Å². The third kappa shape index (κ3) is 2.55. The van der Waals surface area contributed by atoms with Crippen LogP contribution in [0.4, 0.5) is 0 Å². The number of nitrogens with zero attached hydrogens (tertiary/aromatic N) is 1. The Labute approximate surface area is 165 Å². The molecule has 2 aliphatic rings. The third-order valence-corrected chi connectivity index (χ3v) is 6.38. The highest BCUT2D eigenvalue weighted by atomic mass is 16.5. The minimum Gasteiger partial charge on any atom is -0.497 e. The fraction of sp³-hybridized carbons (Fsp3) is 0.375. The van der Waals surface area contributed by atoms with Gasteiger partial charge in [-0.3, -0.25) is 0 Å². The Morgan fingerprint density at radius 1 is 0.750 bits per heavy atom. The molecule has 0 saturated heterocycles. The summed E-state index contributed by atoms with van der Waals surface area (Å²) in [5.74, 6) is 2.43. The summed E-state index contributed by atoms with van der Waals surface area (Å²) in [6.45, 7) is 2.17. The largest absolute Gasteiger partial charge is 0.497 e. The van der Waals surface area contributed by atoms with Crippen LogP contribution >= 0.6 is 0 Å². The first-order chi connectivity index (χ1) is 13.7. The van der Waals surface area contributed by atoms with Crippen molar-refractivity contribution in [3.8, 4) is 17.2 Å². The van der Waals surface area contributed by atoms with Gasteiger partial charge < -0.3 is 14.2 Å². The maximum Gasteiger partial charge on any atom is 0.169 e. The molecule has 2 heterocycles. The van der Waals surface area contributed by atoms with Crippen LogP contribution in [0.5, 0.6) is 17.2 Å². The zero-order valence-corrected chi connectivity index (χ0v) is 16.8. The van der Waals surface area contributed by atoms with E-state index in [1.54, 1.807) is 27.0 Å². The summed E-state index contributed by atoms with van der Waals surface area (Å²) in [4.78, 5) is 0. The van der Waals surface area contributed by atoms with Gasteiger partial charge in [0.05, 0.1) is 27.8 Å². The summed E-state index contributed by atoms with van der Waals surface area (Å²) < 4.78 is 19.4. The van der Waals surface area contributed by atoms with Crippen LogP contribution in [0.15, 0.2) is 30.3 Å². The number of hydrogen-bond acceptors (Lipinski definition) is 3. The van der Waals surface area contributed by atoms with Gasteiger partial charge >= 0.3 is 0 Å². The van der Waals surface area contributed by atoms with Crippen molar-refractivity contribution in [1.29, 1.82) is 0 Å². The molecule has 0 spiro atoms. The van der Waals surface area contributed by atoms with E-state index < -0.39 is 0 Å². The molecule has 0 fully saturated rings. The van der Waals surface area contributed by atoms with Gasteiger partial charge in [0.2, 0.25) is 0 Å². The summed E-state index contributed by atoms with van der Waals surface area (Å²) in [5.41, 5.74) is 4.48. The highest BCUT2D eigenvalue weighted by Crippen LogP contribution is 2.42. The van der Waals surface area contributed by atoms with Gasteiger partial charge in [-0.1, -0.05) is 6.07 Å². The molecule has 28 heavy (non-hydrogen) atoms. The molecule has 144 valence electrons. The van der Waals surface area contributed by atoms with Crippen LogP contribution in [-0.4, -0.2) is 38.2 Å². The lowest BCUT2D eigenvalue weighted by atomic mass is 9.85. The van der Waals surface area contributed by atoms with E-state index in [4.69, 9.17) is 14.2 Å². The van der Waals surface area contributed by atoms with Crippen molar-refractivity contribution in [2.24, 2.45) is 0 Å². The molecule has 0 saturated carbocycles. The van der Waals surface area contributed by atoms with Crippen LogP contribution in [0.1, 0.15) is 30.4 Å². The molecule has 3 aromatic carbocycles. The highest BCUT2D eigenvalue weighted by molar-refractivity contribution is 6.13. The molecule has 5 rings (SSSR count). The Morgan fingerprint density at radius 2 is 1.50 bits per heavy atom. The number of methoxy groups -OCH3 is 3. The first-order valence-corrected chi connectivity index (χ1v) is 10.0. The van der Waals surface area contributed by atoms with Gasteiger partial charge in [0.1, 0.15) is 12.3 Å². The van der Waals surface area contributed by atoms with Crippen molar-refractivity contribution in [2.45, 2.75) is 32.2 Å². The number of ether oxygens (including phenoxy) is 3. The van der Waals surface area contributed by atoms with E-state index in [-0.39, 0.29) is 0 Å². The number of fused-ring (bicyclic) bond motifs is 6. The number of hydrogen-bond donors (Lipinski definition) is 0. The monoisotopic (exact) mass is 376 g/mol. The summed E-state index contributed by atoms with van der Waals surface area (Å²) in [5, 5.41) is 5.01. The topological polar surface area (TPSA) is 30.7 Å². The lowest BCUT2D eigenvalue weighted by molar-refractivity contribution is -0.551. The van der Waals surface area contributed by atoms with E-state index in [1.165, 1.54) is 58.5 Å². The number of rotatable bonds is 3. The maximum atomic E-state index is 5.63. The van der Waals surface area contributed by atoms with Crippen LogP contribution in [0, 0.1) is 0 Å². The normalized spacial score (nSPS) is 16.1. The first-order valence-electron chi connectivity index (χ1n) is 10.0. The van der Waals surface area contributed by atoms with Gasteiger partial charge in [0.15, 0.2) is 23.8 Å². The predicted octanol–water partition coefficient (Wildman–Crippen LogP) is 4.71. The second-order valence-corrected chi connectivity index (χ2v) is 7.74. The van der Waals surface area contributed by atoms with Crippen molar-refractivity contribution in [2.75, 3.05) is 27.9 Å². The van der Waals surface area contributed by atoms with E-state index in [2.05, 4.69) is 34.9 Å². The fourth-order valence-corrected chi connectivity index (χ4v) is 4.93. The average Bonchev–Trinajstić information content (AvgIpc) is 2.76. The van der Waals surface area contributed by atoms with Gasteiger partial charge in [0, 0.05) is 18.4 Å². The minimum absolute atomic E-state index is 0.766. The molecule has 0 aliphatic carbocycles. The Bertz CT molecular complexity index is 1130. The van der Waals surface area contributed by atoms with Crippen molar-refractivity contribution < 1.29 is 18.8 Å². The van der Waals surface area contributed by atoms with Gasteiger partial charge in [-0.2, -0.15) is 0 Å². The molecule has 0 aromatic heterocycles. The maximum absolute atomic E-state index is 5.63. The summed E-state index contributed by atoms with van der Waals surface area (Å²) in [7, 11) is 5.12. The molecule has 0 amide bonds. The Morgan fingerprint density at radius 3 is 2.25 bits per heavy atom. The molecule has 0 unspecified atom stereocenters. The molecule has 3 aromatic rings. The molecule has 0 radical (unpaired) electrons. The molecule has 2 aliphatic heterocycles. The second-order valence-electron chi connectivity index (χ2n) is 7.74. The zero-order chi connectivity index (χ0) is 19.3. The molecular weight excluding hydrogens is 350 g/mol. The minimum atomic E-state index is 0.766. The molecule has 0 bridgehead atoms. The van der Waals surface area contributed by atoms with Gasteiger partial charge in [-0.05, 0) is 57.8 Å². The van der Waals surface area contributed by atoms with Crippen molar-refractivity contribution in [3.63, 3.8) is 0 Å². The van der Waals surface area contributed by atoms with Crippen LogP contribution in [0.2, 0.25) is 0 Å². The Kier molecular flexibility index (Phi) is 4.15. The molecule has 4 heteroatoms. The van der Waals surface area contributed by atoms with Gasteiger partial charge in [-0.25, -0.2) is 4.58 Å². The van der Waals surface area contributed by atoms with E-state index in [9.17, 15) is 0 Å². The van der Waals surface area contributed by atoms with E-state index in [0.29, 0.717) is 0 Å². The fourth-order valence-electron chi connectivity index (χ4n) is 4.93. The van der Waals surface area contributed by atoms with Crippen molar-refractivity contribution >= 4 is 27.3 Å². The average molecular weight is 376 g/mol. The van der Waals surface area contributed by atoms with Crippen LogP contribution in [0.25, 0.3) is 21.5 Å². The van der Waals surface area contributed by atoms with Gasteiger partial charge in [0.25, 0.3) is 0 Å². The van der Waals surface area contributed by atoms with Crippen molar-refractivity contribution in [1.82, 2.24) is 0 Å². The van der Waals surface area contributed by atoms with E-state index in [0.717, 1.165) is 30.2 Å². The van der Waals surface area contributed by atoms with Gasteiger partial charge in [-0.15, -0.1) is 0 Å². The highest BCUT2D eigenvalue weighted by Gasteiger charge is 2.30. The first kappa shape index (κ1) is 17.4. The van der Waals surface area contributed by atoms with Crippen LogP contribution in [-0.2, 0) is 13.0 Å². The molecule has 0 atom stereocenters. The quantitative estimate of drug-likeness (QED) is 0.490. The molecular formula is C24H26NO3+. The summed E-state index contributed by atoms with van der Waals surface area (Å²) in [6, 6.07) is 10.7. The lowest BCUT2D eigenvalue weighted by Gasteiger charge is -2.25. The Balaban J connectivity index is 1.87. The van der Waals surface area contributed by atoms with Crippen LogP contribution < -0.4 is 14.2 Å². The predicted molar refractivity (Wildman–Crippen MR) is 113 cm³/mol. The summed E-state index contributed by atoms with van der Waals surface area (Å²) >= 11 is 0. The zero-order valence-electron chi connectivity index (χ0n) is 16.8. The SMILES string of the molecule is COc1ccc2c3c(c4cc(OC)c(OC)cc4c2c1)CC1=[N+](CCCC1)C3. The smallest absolute Gasteiger partial charge is 0.169 e. The van der Waals surface area contributed by atoms with Crippen molar-refractivity contribution in [3.05, 3.63) is 41.5 Å².